The number of aromatic nitrogens is 2. The van der Waals surface area contributed by atoms with Crippen LogP contribution in [0.5, 0.6) is 0 Å². The third-order valence-corrected chi connectivity index (χ3v) is 5.35. The molecule has 5 nitrogen and oxygen atoms in total. The van der Waals surface area contributed by atoms with Crippen LogP contribution in [0.2, 0.25) is 0 Å². The number of nitrogens with zero attached hydrogens (tertiary/aromatic N) is 2. The van der Waals surface area contributed by atoms with Gasteiger partial charge in [-0.15, -0.1) is 0 Å². The maximum atomic E-state index is 13.4. The first-order chi connectivity index (χ1) is 15.0. The van der Waals surface area contributed by atoms with Crippen LogP contribution in [0.3, 0.4) is 0 Å². The maximum absolute atomic E-state index is 13.4. The Kier molecular flexibility index (Phi) is 5.50. The molecule has 0 radical (unpaired) electrons. The number of benzene rings is 3. The van der Waals surface area contributed by atoms with Gasteiger partial charge in [0, 0.05) is 23.9 Å². The Hall–Kier alpha value is -3.99. The maximum Gasteiger partial charge on any atom is 0.280 e. The fourth-order valence-corrected chi connectivity index (χ4v) is 3.54. The fourth-order valence-electron chi connectivity index (χ4n) is 3.54. The Morgan fingerprint density at radius 2 is 1.45 bits per heavy atom. The normalized spacial score (nSPS) is 10.7. The van der Waals surface area contributed by atoms with Crippen LogP contribution in [-0.4, -0.2) is 15.7 Å². The zero-order valence-electron chi connectivity index (χ0n) is 17.7. The highest BCUT2D eigenvalue weighted by atomic mass is 16.2. The van der Waals surface area contributed by atoms with Crippen LogP contribution in [0.4, 0.5) is 5.69 Å². The summed E-state index contributed by atoms with van der Waals surface area (Å²) in [6, 6.07) is 24.7. The van der Waals surface area contributed by atoms with Gasteiger partial charge in [-0.1, -0.05) is 66.7 Å². The van der Waals surface area contributed by atoms with E-state index in [1.807, 2.05) is 92.7 Å². The predicted octanol–water partition coefficient (Wildman–Crippen LogP) is 4.98. The molecule has 1 amide bonds. The third kappa shape index (κ3) is 4.03. The van der Waals surface area contributed by atoms with Gasteiger partial charge in [0.2, 0.25) is 0 Å². The fraction of sp³-hybridized carbons (Fsp3) is 0.115. The minimum absolute atomic E-state index is 0.0702. The molecule has 0 bridgehead atoms. The largest absolute Gasteiger partial charge is 0.322 e. The molecule has 0 unspecified atom stereocenters. The van der Waals surface area contributed by atoms with Gasteiger partial charge in [0.15, 0.2) is 0 Å². The minimum Gasteiger partial charge on any atom is -0.322 e. The summed E-state index contributed by atoms with van der Waals surface area (Å²) in [5, 5.41) is 7.42. The molecular weight excluding hydrogens is 386 g/mol. The number of aryl methyl sites for hydroxylation is 3. The molecular formula is C26H23N3O2. The molecule has 0 atom stereocenters. The summed E-state index contributed by atoms with van der Waals surface area (Å²) in [6.45, 7) is 4.00. The molecule has 1 aromatic heterocycles. The topological polar surface area (TPSA) is 64.0 Å². The van der Waals surface area contributed by atoms with E-state index in [2.05, 4.69) is 10.4 Å². The van der Waals surface area contributed by atoms with Crippen LogP contribution in [0.1, 0.15) is 21.5 Å². The van der Waals surface area contributed by atoms with Crippen molar-refractivity contribution in [1.82, 2.24) is 9.78 Å². The van der Waals surface area contributed by atoms with E-state index >= 15 is 0 Å². The number of carbonyl (C=O) groups is 1. The summed E-state index contributed by atoms with van der Waals surface area (Å²) in [5.41, 5.74) is 5.17. The van der Waals surface area contributed by atoms with Crippen molar-refractivity contribution in [3.63, 3.8) is 0 Å². The predicted molar refractivity (Wildman–Crippen MR) is 124 cm³/mol. The number of hydrogen-bond acceptors (Lipinski definition) is 3. The van der Waals surface area contributed by atoms with E-state index in [0.29, 0.717) is 16.9 Å². The second-order valence-corrected chi connectivity index (χ2v) is 7.51. The molecule has 1 heterocycles. The molecule has 5 heteroatoms. The van der Waals surface area contributed by atoms with E-state index < -0.39 is 11.5 Å². The van der Waals surface area contributed by atoms with Gasteiger partial charge in [-0.3, -0.25) is 9.59 Å². The molecule has 3 aromatic carbocycles. The SMILES string of the molecule is Cc1ccc(NC(=O)c2c(-c3ccccc3)c(-c3ccccc3)nn(C)c2=O)cc1C. The first-order valence-corrected chi connectivity index (χ1v) is 10.1. The van der Waals surface area contributed by atoms with Crippen LogP contribution in [0, 0.1) is 13.8 Å². The Bertz CT molecular complexity index is 1310. The molecule has 4 rings (SSSR count). The van der Waals surface area contributed by atoms with Crippen molar-refractivity contribution in [3.8, 4) is 22.4 Å². The average Bonchev–Trinajstić information content (AvgIpc) is 2.78. The zero-order valence-corrected chi connectivity index (χ0v) is 17.7. The lowest BCUT2D eigenvalue weighted by Crippen LogP contribution is -2.31. The Balaban J connectivity index is 1.94. The highest BCUT2D eigenvalue weighted by Gasteiger charge is 2.24. The Morgan fingerprint density at radius 1 is 0.839 bits per heavy atom. The monoisotopic (exact) mass is 409 g/mol. The van der Waals surface area contributed by atoms with Crippen molar-refractivity contribution in [1.29, 1.82) is 0 Å². The lowest BCUT2D eigenvalue weighted by Gasteiger charge is -2.16. The number of anilines is 1. The van der Waals surface area contributed by atoms with Gasteiger partial charge >= 0.3 is 0 Å². The van der Waals surface area contributed by atoms with E-state index in [1.165, 1.54) is 4.68 Å². The smallest absolute Gasteiger partial charge is 0.280 e. The van der Waals surface area contributed by atoms with Crippen molar-refractivity contribution in [2.24, 2.45) is 7.05 Å². The van der Waals surface area contributed by atoms with Gasteiger partial charge in [-0.2, -0.15) is 5.10 Å². The third-order valence-electron chi connectivity index (χ3n) is 5.35. The van der Waals surface area contributed by atoms with E-state index in [9.17, 15) is 9.59 Å². The van der Waals surface area contributed by atoms with Crippen LogP contribution < -0.4 is 10.9 Å². The number of rotatable bonds is 4. The molecule has 0 spiro atoms. The van der Waals surface area contributed by atoms with E-state index in [1.54, 1.807) is 7.05 Å². The summed E-state index contributed by atoms with van der Waals surface area (Å²) in [4.78, 5) is 26.5. The van der Waals surface area contributed by atoms with Crippen molar-refractivity contribution in [2.75, 3.05) is 5.32 Å². The highest BCUT2D eigenvalue weighted by Crippen LogP contribution is 2.32. The molecule has 0 aliphatic carbocycles. The van der Waals surface area contributed by atoms with Crippen molar-refractivity contribution >= 4 is 11.6 Å². The van der Waals surface area contributed by atoms with Crippen LogP contribution >= 0.6 is 0 Å². The molecule has 0 aliphatic heterocycles. The Morgan fingerprint density at radius 3 is 2.06 bits per heavy atom. The standard InChI is InChI=1S/C26H23N3O2/c1-17-14-15-21(16-18(17)2)27-25(30)23-22(19-10-6-4-7-11-19)24(28-29(3)26(23)31)20-12-8-5-9-13-20/h4-16H,1-3H3,(H,27,30). The lowest BCUT2D eigenvalue weighted by molar-refractivity contribution is 0.102. The van der Waals surface area contributed by atoms with Gasteiger partial charge < -0.3 is 5.32 Å². The quantitative estimate of drug-likeness (QED) is 0.517. The van der Waals surface area contributed by atoms with Crippen molar-refractivity contribution in [3.05, 3.63) is 106 Å². The molecule has 0 aliphatic rings. The zero-order chi connectivity index (χ0) is 22.0. The van der Waals surface area contributed by atoms with E-state index in [-0.39, 0.29) is 5.56 Å². The summed E-state index contributed by atoms with van der Waals surface area (Å²) in [5.74, 6) is -0.456. The first kappa shape index (κ1) is 20.3. The molecule has 1 N–H and O–H groups in total. The minimum atomic E-state index is -0.456. The number of carbonyl (C=O) groups excluding carboxylic acids is 1. The van der Waals surface area contributed by atoms with E-state index in [4.69, 9.17) is 0 Å². The second-order valence-electron chi connectivity index (χ2n) is 7.51. The van der Waals surface area contributed by atoms with Gasteiger partial charge in [0.25, 0.3) is 11.5 Å². The van der Waals surface area contributed by atoms with Crippen LogP contribution in [0.15, 0.2) is 83.7 Å². The Labute approximate surface area is 181 Å². The van der Waals surface area contributed by atoms with Gasteiger partial charge in [0.1, 0.15) is 5.56 Å². The van der Waals surface area contributed by atoms with Crippen LogP contribution in [0.25, 0.3) is 22.4 Å². The number of nitrogens with one attached hydrogen (secondary N) is 1. The van der Waals surface area contributed by atoms with Crippen molar-refractivity contribution in [2.45, 2.75) is 13.8 Å². The second kappa shape index (κ2) is 8.40. The summed E-state index contributed by atoms with van der Waals surface area (Å²) in [6.07, 6.45) is 0. The average molecular weight is 409 g/mol. The summed E-state index contributed by atoms with van der Waals surface area (Å²) < 4.78 is 1.23. The molecule has 0 saturated heterocycles. The first-order valence-electron chi connectivity index (χ1n) is 10.1. The molecule has 0 fully saturated rings. The van der Waals surface area contributed by atoms with Gasteiger partial charge in [-0.25, -0.2) is 4.68 Å². The van der Waals surface area contributed by atoms with Gasteiger partial charge in [-0.05, 0) is 42.7 Å². The number of amides is 1. The van der Waals surface area contributed by atoms with Crippen molar-refractivity contribution < 1.29 is 4.79 Å². The van der Waals surface area contributed by atoms with Gasteiger partial charge in [0.05, 0.1) is 5.69 Å². The molecule has 4 aromatic rings. The summed E-state index contributed by atoms with van der Waals surface area (Å²) >= 11 is 0. The number of hydrogen-bond donors (Lipinski definition) is 1. The summed E-state index contributed by atoms with van der Waals surface area (Å²) in [7, 11) is 1.57. The highest BCUT2D eigenvalue weighted by molar-refractivity contribution is 6.10. The lowest BCUT2D eigenvalue weighted by atomic mass is 9.95. The van der Waals surface area contributed by atoms with Crippen LogP contribution in [-0.2, 0) is 7.05 Å². The molecule has 154 valence electrons. The molecule has 31 heavy (non-hydrogen) atoms. The molecule has 0 saturated carbocycles. The van der Waals surface area contributed by atoms with E-state index in [0.717, 1.165) is 22.3 Å².